The van der Waals surface area contributed by atoms with Crippen molar-refractivity contribution in [2.24, 2.45) is 0 Å². The van der Waals surface area contributed by atoms with E-state index in [0.29, 0.717) is 0 Å². The van der Waals surface area contributed by atoms with Crippen molar-refractivity contribution in [3.63, 3.8) is 0 Å². The van der Waals surface area contributed by atoms with Crippen LogP contribution in [0.3, 0.4) is 0 Å². The van der Waals surface area contributed by atoms with E-state index in [4.69, 9.17) is 0 Å². The molecule has 2 aliphatic rings. The summed E-state index contributed by atoms with van der Waals surface area (Å²) in [5.41, 5.74) is 17.8. The SMILES string of the molecule is CC1(C)c2cc3ccccc3cc2-c2cc3ccc(CCC(c4ccc5cc6c(cc5c4)C(C)(C)c4cc5ccccc5cc4-6)c4ccccc4-c4ccccc4)cc3cc21. The molecule has 0 saturated heterocycles. The summed E-state index contributed by atoms with van der Waals surface area (Å²) in [6.45, 7) is 9.61. The lowest BCUT2D eigenvalue weighted by Crippen LogP contribution is -2.15. The molecule has 0 amide bonds. The van der Waals surface area contributed by atoms with E-state index >= 15 is 0 Å². The molecule has 0 bridgehead atoms. The predicted octanol–water partition coefficient (Wildman–Crippen LogP) is 16.3. The summed E-state index contributed by atoms with van der Waals surface area (Å²) in [4.78, 5) is 0. The molecule has 0 spiro atoms. The van der Waals surface area contributed by atoms with Crippen LogP contribution >= 0.6 is 0 Å². The standard InChI is InChI=1S/C61H48/c1-60(2)56-34-42-18-10-8-16-40(42)30-52(56)54-32-44-24-22-38(28-47(44)36-58(54)60)23-27-50(51-21-13-12-20-49(51)39-14-6-5-7-15-39)46-26-25-45-33-55-53-31-41-17-9-11-19-43(41)35-57(53)61(3,4)59(55)37-48(45)29-46/h5-22,24-26,28-37,50H,23,27H2,1-4H3. The van der Waals surface area contributed by atoms with Crippen molar-refractivity contribution in [3.05, 3.63) is 227 Å². The van der Waals surface area contributed by atoms with Gasteiger partial charge in [0.25, 0.3) is 0 Å². The summed E-state index contributed by atoms with van der Waals surface area (Å²) >= 11 is 0. The third-order valence-corrected chi connectivity index (χ3v) is 14.6. The van der Waals surface area contributed by atoms with Gasteiger partial charge in [0.1, 0.15) is 0 Å². The second-order valence-electron chi connectivity index (χ2n) is 18.9. The number of rotatable bonds is 6. The lowest BCUT2D eigenvalue weighted by atomic mass is 9.80. The third-order valence-electron chi connectivity index (χ3n) is 14.6. The zero-order valence-electron chi connectivity index (χ0n) is 35.4. The van der Waals surface area contributed by atoms with Gasteiger partial charge in [0, 0.05) is 16.7 Å². The maximum atomic E-state index is 2.50. The zero-order chi connectivity index (χ0) is 41.0. The van der Waals surface area contributed by atoms with Gasteiger partial charge in [0.05, 0.1) is 0 Å². The highest BCUT2D eigenvalue weighted by Gasteiger charge is 2.37. The lowest BCUT2D eigenvalue weighted by Gasteiger charge is -2.24. The Morgan fingerprint density at radius 3 is 1.33 bits per heavy atom. The minimum atomic E-state index is -0.0828. The molecule has 1 atom stereocenters. The Morgan fingerprint density at radius 1 is 0.344 bits per heavy atom. The number of hydrogen-bond acceptors (Lipinski definition) is 0. The van der Waals surface area contributed by atoms with Crippen LogP contribution in [0.5, 0.6) is 0 Å². The minimum Gasteiger partial charge on any atom is -0.0622 e. The molecule has 292 valence electrons. The fourth-order valence-electron chi connectivity index (χ4n) is 11.3. The van der Waals surface area contributed by atoms with Crippen molar-refractivity contribution in [1.82, 2.24) is 0 Å². The normalized spacial score (nSPS) is 14.9. The topological polar surface area (TPSA) is 0 Å². The summed E-state index contributed by atoms with van der Waals surface area (Å²) in [7, 11) is 0. The average Bonchev–Trinajstić information content (AvgIpc) is 3.63. The quantitative estimate of drug-likeness (QED) is 0.158. The van der Waals surface area contributed by atoms with Gasteiger partial charge in [-0.3, -0.25) is 0 Å². The summed E-state index contributed by atoms with van der Waals surface area (Å²) in [5.74, 6) is 0.211. The van der Waals surface area contributed by atoms with Crippen LogP contribution in [-0.2, 0) is 17.3 Å². The fraction of sp³-hybridized carbons (Fsp3) is 0.148. The Balaban J connectivity index is 0.937. The summed E-state index contributed by atoms with van der Waals surface area (Å²) in [6.07, 6.45) is 1.98. The smallest absolute Gasteiger partial charge is 0.0159 e. The third kappa shape index (κ3) is 5.65. The summed E-state index contributed by atoms with van der Waals surface area (Å²) in [5, 5.41) is 10.5. The Hall–Kier alpha value is -6.76. The van der Waals surface area contributed by atoms with E-state index in [-0.39, 0.29) is 16.7 Å². The molecule has 0 saturated carbocycles. The van der Waals surface area contributed by atoms with Crippen LogP contribution in [0.1, 0.15) is 79.0 Å². The van der Waals surface area contributed by atoms with Crippen molar-refractivity contribution in [2.45, 2.75) is 57.3 Å². The molecule has 0 N–H and O–H groups in total. The van der Waals surface area contributed by atoms with Gasteiger partial charge in [-0.2, -0.15) is 0 Å². The van der Waals surface area contributed by atoms with Crippen LogP contribution in [0, 0.1) is 0 Å². The zero-order valence-corrected chi connectivity index (χ0v) is 35.4. The fourth-order valence-corrected chi connectivity index (χ4v) is 11.3. The summed E-state index contributed by atoms with van der Waals surface area (Å²) < 4.78 is 0. The molecule has 1 unspecified atom stereocenters. The lowest BCUT2D eigenvalue weighted by molar-refractivity contribution is 0.662. The highest BCUT2D eigenvalue weighted by atomic mass is 14.4. The Bertz CT molecular complexity index is 3410. The van der Waals surface area contributed by atoms with Crippen LogP contribution < -0.4 is 0 Å². The number of aryl methyl sites for hydroxylation is 1. The highest BCUT2D eigenvalue weighted by molar-refractivity contribution is 6.00. The van der Waals surface area contributed by atoms with E-state index < -0.39 is 0 Å². The van der Waals surface area contributed by atoms with E-state index in [2.05, 4.69) is 216 Å². The maximum absolute atomic E-state index is 2.50. The van der Waals surface area contributed by atoms with E-state index in [1.54, 1.807) is 0 Å². The number of benzene rings is 10. The Kier molecular flexibility index (Phi) is 7.92. The second-order valence-corrected chi connectivity index (χ2v) is 18.9. The van der Waals surface area contributed by atoms with E-state index in [9.17, 15) is 0 Å². The molecular formula is C61H48. The molecule has 12 rings (SSSR count). The van der Waals surface area contributed by atoms with Crippen LogP contribution in [0.15, 0.2) is 188 Å². The van der Waals surface area contributed by atoms with Gasteiger partial charge in [-0.15, -0.1) is 0 Å². The van der Waals surface area contributed by atoms with Crippen molar-refractivity contribution in [3.8, 4) is 33.4 Å². The molecule has 0 aromatic heterocycles. The number of hydrogen-bond donors (Lipinski definition) is 0. The molecule has 10 aromatic carbocycles. The van der Waals surface area contributed by atoms with Gasteiger partial charge < -0.3 is 0 Å². The molecule has 2 aliphatic carbocycles. The molecule has 61 heavy (non-hydrogen) atoms. The van der Waals surface area contributed by atoms with Gasteiger partial charge in [-0.25, -0.2) is 0 Å². The number of fused-ring (bicyclic) bond motifs is 10. The first kappa shape index (κ1) is 36.1. The molecule has 0 heterocycles. The van der Waals surface area contributed by atoms with Crippen LogP contribution in [0.25, 0.3) is 76.5 Å². The van der Waals surface area contributed by atoms with Gasteiger partial charge in [-0.1, -0.05) is 167 Å². The molecular weight excluding hydrogens is 733 g/mol. The highest BCUT2D eigenvalue weighted by Crippen LogP contribution is 2.53. The minimum absolute atomic E-state index is 0.0621. The maximum Gasteiger partial charge on any atom is 0.0159 e. The van der Waals surface area contributed by atoms with Crippen molar-refractivity contribution in [2.75, 3.05) is 0 Å². The van der Waals surface area contributed by atoms with Crippen molar-refractivity contribution in [1.29, 1.82) is 0 Å². The Labute approximate surface area is 359 Å². The average molecular weight is 781 g/mol. The predicted molar refractivity (Wildman–Crippen MR) is 260 cm³/mol. The monoisotopic (exact) mass is 780 g/mol. The van der Waals surface area contributed by atoms with Crippen LogP contribution in [0.4, 0.5) is 0 Å². The molecule has 0 nitrogen and oxygen atoms in total. The molecule has 0 fully saturated rings. The summed E-state index contributed by atoms with van der Waals surface area (Å²) in [6, 6.07) is 71.7. The van der Waals surface area contributed by atoms with Gasteiger partial charge in [0.2, 0.25) is 0 Å². The van der Waals surface area contributed by atoms with Crippen molar-refractivity contribution >= 4 is 43.1 Å². The van der Waals surface area contributed by atoms with Crippen LogP contribution in [0.2, 0.25) is 0 Å². The van der Waals surface area contributed by atoms with Gasteiger partial charge in [0.15, 0.2) is 0 Å². The first-order valence-corrected chi connectivity index (χ1v) is 22.1. The van der Waals surface area contributed by atoms with Gasteiger partial charge >= 0.3 is 0 Å². The second kappa shape index (κ2) is 13.4. The van der Waals surface area contributed by atoms with Gasteiger partial charge in [-0.05, 0) is 177 Å². The largest absolute Gasteiger partial charge is 0.0622 e. The molecule has 0 aliphatic heterocycles. The van der Waals surface area contributed by atoms with E-state index in [1.165, 1.54) is 115 Å². The van der Waals surface area contributed by atoms with E-state index in [0.717, 1.165) is 12.8 Å². The van der Waals surface area contributed by atoms with Crippen LogP contribution in [-0.4, -0.2) is 0 Å². The molecule has 0 radical (unpaired) electrons. The molecule has 0 heteroatoms. The first-order chi connectivity index (χ1) is 29.7. The molecule has 10 aromatic rings. The first-order valence-electron chi connectivity index (χ1n) is 22.1. The van der Waals surface area contributed by atoms with Crippen molar-refractivity contribution < 1.29 is 0 Å². The Morgan fingerprint density at radius 2 is 0.770 bits per heavy atom. The van der Waals surface area contributed by atoms with E-state index in [1.807, 2.05) is 0 Å².